The van der Waals surface area contributed by atoms with Crippen molar-refractivity contribution >= 4 is 5.97 Å². The van der Waals surface area contributed by atoms with Gasteiger partial charge in [-0.2, -0.15) is 13.2 Å². The van der Waals surface area contributed by atoms with Crippen LogP contribution in [-0.4, -0.2) is 32.0 Å². The number of benzene rings is 1. The third kappa shape index (κ3) is 3.84. The molecule has 0 saturated heterocycles. The van der Waals surface area contributed by atoms with Crippen LogP contribution >= 0.6 is 0 Å². The maximum atomic E-state index is 10.6. The molecule has 2 aromatic rings. The molecule has 8 heteroatoms. The number of halogens is 3. The second-order valence-corrected chi connectivity index (χ2v) is 4.72. The van der Waals surface area contributed by atoms with Crippen LogP contribution in [0.3, 0.4) is 0 Å². The zero-order chi connectivity index (χ0) is 16.2. The Morgan fingerprint density at radius 2 is 1.77 bits per heavy atom. The summed E-state index contributed by atoms with van der Waals surface area (Å²) in [4.78, 5) is 8.90. The Kier molecular flexibility index (Phi) is 4.79. The largest absolute Gasteiger partial charge is 0.490 e. The van der Waals surface area contributed by atoms with Crippen molar-refractivity contribution < 1.29 is 23.1 Å². The van der Waals surface area contributed by atoms with Gasteiger partial charge in [0.05, 0.1) is 0 Å². The van der Waals surface area contributed by atoms with E-state index in [1.54, 1.807) is 0 Å². The predicted octanol–water partition coefficient (Wildman–Crippen LogP) is 2.91. The van der Waals surface area contributed by atoms with Crippen molar-refractivity contribution in [1.82, 2.24) is 14.8 Å². The van der Waals surface area contributed by atoms with E-state index in [9.17, 15) is 13.2 Å². The number of carboxylic acid groups (broad SMARTS) is 1. The second kappa shape index (κ2) is 6.59. The number of nitrogens with zero attached hydrogens (tertiary/aromatic N) is 3. The Morgan fingerprint density at radius 1 is 1.14 bits per heavy atom. The van der Waals surface area contributed by atoms with Crippen molar-refractivity contribution in [3.63, 3.8) is 0 Å². The second-order valence-electron chi connectivity index (χ2n) is 4.72. The maximum Gasteiger partial charge on any atom is 0.490 e. The minimum Gasteiger partial charge on any atom is -0.475 e. The van der Waals surface area contributed by atoms with E-state index >= 15 is 0 Å². The van der Waals surface area contributed by atoms with Crippen molar-refractivity contribution in [2.45, 2.75) is 32.0 Å². The first kappa shape index (κ1) is 16.0. The first-order valence-corrected chi connectivity index (χ1v) is 6.67. The normalized spacial score (nSPS) is 13.8. The number of fused-ring (bicyclic) bond motifs is 1. The van der Waals surface area contributed by atoms with Gasteiger partial charge in [0.1, 0.15) is 5.82 Å². The SMILES string of the molecule is O=C(O)C(F)(F)F.c1ccc(-c2nnc3n2CCCC3)cc1. The number of hydrogen-bond donors (Lipinski definition) is 1. The molecule has 1 aliphatic heterocycles. The van der Waals surface area contributed by atoms with Crippen LogP contribution in [0.15, 0.2) is 30.3 Å². The molecule has 0 bridgehead atoms. The Bertz CT molecular complexity index is 639. The molecule has 0 unspecified atom stereocenters. The van der Waals surface area contributed by atoms with Crippen molar-refractivity contribution in [3.8, 4) is 11.4 Å². The Hall–Kier alpha value is -2.38. The highest BCUT2D eigenvalue weighted by molar-refractivity contribution is 5.73. The molecular weight excluding hydrogens is 299 g/mol. The van der Waals surface area contributed by atoms with E-state index in [1.165, 1.54) is 12.8 Å². The number of carboxylic acids is 1. The molecular formula is C14H14F3N3O2. The summed E-state index contributed by atoms with van der Waals surface area (Å²) >= 11 is 0. The molecule has 0 amide bonds. The zero-order valence-corrected chi connectivity index (χ0v) is 11.5. The average Bonchev–Trinajstić information content (AvgIpc) is 2.92. The van der Waals surface area contributed by atoms with E-state index in [1.807, 2.05) is 18.2 Å². The van der Waals surface area contributed by atoms with Gasteiger partial charge in [0, 0.05) is 18.5 Å². The number of alkyl halides is 3. The molecule has 118 valence electrons. The number of hydrogen-bond acceptors (Lipinski definition) is 3. The first-order valence-electron chi connectivity index (χ1n) is 6.67. The van der Waals surface area contributed by atoms with E-state index in [0.717, 1.165) is 30.2 Å². The number of aliphatic carboxylic acids is 1. The summed E-state index contributed by atoms with van der Waals surface area (Å²) in [7, 11) is 0. The lowest BCUT2D eigenvalue weighted by atomic mass is 10.1. The fraction of sp³-hybridized carbons (Fsp3) is 0.357. The molecule has 0 aliphatic carbocycles. The lowest BCUT2D eigenvalue weighted by molar-refractivity contribution is -0.192. The van der Waals surface area contributed by atoms with Crippen LogP contribution in [0.5, 0.6) is 0 Å². The summed E-state index contributed by atoms with van der Waals surface area (Å²) in [5.41, 5.74) is 1.16. The highest BCUT2D eigenvalue weighted by Crippen LogP contribution is 2.22. The Labute approximate surface area is 124 Å². The van der Waals surface area contributed by atoms with Crippen LogP contribution in [0.4, 0.5) is 13.2 Å². The van der Waals surface area contributed by atoms with Gasteiger partial charge in [0.2, 0.25) is 0 Å². The monoisotopic (exact) mass is 313 g/mol. The van der Waals surface area contributed by atoms with Crippen molar-refractivity contribution in [2.75, 3.05) is 0 Å². The van der Waals surface area contributed by atoms with Crippen LogP contribution < -0.4 is 0 Å². The fourth-order valence-electron chi connectivity index (χ4n) is 2.11. The summed E-state index contributed by atoms with van der Waals surface area (Å²) in [5.74, 6) is -0.599. The summed E-state index contributed by atoms with van der Waals surface area (Å²) in [6.45, 7) is 1.06. The summed E-state index contributed by atoms with van der Waals surface area (Å²) in [5, 5.41) is 15.7. The number of aromatic nitrogens is 3. The van der Waals surface area contributed by atoms with Crippen molar-refractivity contribution in [1.29, 1.82) is 0 Å². The van der Waals surface area contributed by atoms with Gasteiger partial charge < -0.3 is 9.67 Å². The van der Waals surface area contributed by atoms with Gasteiger partial charge in [0.15, 0.2) is 5.82 Å². The van der Waals surface area contributed by atoms with E-state index in [0.29, 0.717) is 0 Å². The minimum absolute atomic E-state index is 1.02. The lowest BCUT2D eigenvalue weighted by Gasteiger charge is -2.14. The molecule has 1 aliphatic rings. The quantitative estimate of drug-likeness (QED) is 0.879. The maximum absolute atomic E-state index is 10.6. The molecule has 5 nitrogen and oxygen atoms in total. The van der Waals surface area contributed by atoms with E-state index < -0.39 is 12.1 Å². The molecule has 1 aromatic carbocycles. The topological polar surface area (TPSA) is 68.0 Å². The third-order valence-electron chi connectivity index (χ3n) is 3.13. The van der Waals surface area contributed by atoms with Gasteiger partial charge in [-0.1, -0.05) is 30.3 Å². The summed E-state index contributed by atoms with van der Waals surface area (Å²) in [6, 6.07) is 10.3. The highest BCUT2D eigenvalue weighted by Gasteiger charge is 2.38. The van der Waals surface area contributed by atoms with Crippen LogP contribution in [0.25, 0.3) is 11.4 Å². The van der Waals surface area contributed by atoms with E-state index in [4.69, 9.17) is 9.90 Å². The fourth-order valence-corrected chi connectivity index (χ4v) is 2.11. The van der Waals surface area contributed by atoms with Crippen molar-refractivity contribution in [3.05, 3.63) is 36.2 Å². The third-order valence-corrected chi connectivity index (χ3v) is 3.13. The number of aryl methyl sites for hydroxylation is 1. The van der Waals surface area contributed by atoms with Gasteiger partial charge in [-0.3, -0.25) is 0 Å². The van der Waals surface area contributed by atoms with Crippen LogP contribution in [0.1, 0.15) is 18.7 Å². The molecule has 0 spiro atoms. The van der Waals surface area contributed by atoms with E-state index in [-0.39, 0.29) is 0 Å². The lowest BCUT2D eigenvalue weighted by Crippen LogP contribution is -2.21. The van der Waals surface area contributed by atoms with Gasteiger partial charge >= 0.3 is 12.1 Å². The predicted molar refractivity (Wildman–Crippen MR) is 72.1 cm³/mol. The van der Waals surface area contributed by atoms with Crippen LogP contribution in [0, 0.1) is 0 Å². The Balaban J connectivity index is 0.000000217. The molecule has 0 saturated carbocycles. The van der Waals surface area contributed by atoms with Gasteiger partial charge in [0.25, 0.3) is 0 Å². The highest BCUT2D eigenvalue weighted by atomic mass is 19.4. The van der Waals surface area contributed by atoms with E-state index in [2.05, 4.69) is 26.9 Å². The number of carbonyl (C=O) groups is 1. The van der Waals surface area contributed by atoms with Crippen molar-refractivity contribution in [2.24, 2.45) is 0 Å². The molecule has 3 rings (SSSR count). The summed E-state index contributed by atoms with van der Waals surface area (Å²) < 4.78 is 34.0. The van der Waals surface area contributed by atoms with Crippen LogP contribution in [-0.2, 0) is 17.8 Å². The molecule has 0 fully saturated rings. The van der Waals surface area contributed by atoms with Crippen LogP contribution in [0.2, 0.25) is 0 Å². The molecule has 0 radical (unpaired) electrons. The standard InChI is InChI=1S/C12H13N3.C2HF3O2/c1-2-6-10(7-3-1)12-14-13-11-8-4-5-9-15(11)12;3-2(4,5)1(6)7/h1-3,6-7H,4-5,8-9H2;(H,6,7). The number of rotatable bonds is 1. The molecule has 1 N–H and O–H groups in total. The molecule has 22 heavy (non-hydrogen) atoms. The molecule has 0 atom stereocenters. The van der Waals surface area contributed by atoms with Gasteiger partial charge in [-0.25, -0.2) is 4.79 Å². The summed E-state index contributed by atoms with van der Waals surface area (Å²) in [6.07, 6.45) is -1.53. The van der Waals surface area contributed by atoms with Gasteiger partial charge in [-0.15, -0.1) is 10.2 Å². The molecule has 2 heterocycles. The zero-order valence-electron chi connectivity index (χ0n) is 11.5. The smallest absolute Gasteiger partial charge is 0.475 e. The minimum atomic E-state index is -5.08. The Morgan fingerprint density at radius 3 is 2.36 bits per heavy atom. The molecule has 1 aromatic heterocycles. The first-order chi connectivity index (χ1) is 10.4. The van der Waals surface area contributed by atoms with Gasteiger partial charge in [-0.05, 0) is 12.8 Å². The average molecular weight is 313 g/mol.